The van der Waals surface area contributed by atoms with Gasteiger partial charge in [0.05, 0.1) is 7.11 Å². The van der Waals surface area contributed by atoms with Crippen molar-refractivity contribution < 1.29 is 14.3 Å². The molecule has 0 aromatic heterocycles. The molecule has 0 atom stereocenters. The minimum Gasteiger partial charge on any atom is -0.497 e. The molecule has 1 aromatic carbocycles. The van der Waals surface area contributed by atoms with Crippen LogP contribution in [-0.4, -0.2) is 49.1 Å². The molecule has 25 heavy (non-hydrogen) atoms. The highest BCUT2D eigenvalue weighted by Crippen LogP contribution is 2.18. The Hall–Kier alpha value is -2.24. The van der Waals surface area contributed by atoms with Crippen LogP contribution in [0.15, 0.2) is 24.3 Å². The fourth-order valence-corrected chi connectivity index (χ4v) is 3.63. The smallest absolute Gasteiger partial charge is 0.315 e. The number of amides is 3. The zero-order chi connectivity index (χ0) is 17.6. The third-order valence-corrected chi connectivity index (χ3v) is 5.14. The van der Waals surface area contributed by atoms with Gasteiger partial charge in [0.15, 0.2) is 0 Å². The molecular formula is C19H27N3O3. The topological polar surface area (TPSA) is 70.7 Å². The normalized spacial score (nSPS) is 18.8. The van der Waals surface area contributed by atoms with E-state index in [1.54, 1.807) is 31.4 Å². The fraction of sp³-hybridized carbons (Fsp3) is 0.579. The van der Waals surface area contributed by atoms with Crippen LogP contribution in [-0.2, 0) is 0 Å². The summed E-state index contributed by atoms with van der Waals surface area (Å²) >= 11 is 0. The van der Waals surface area contributed by atoms with Crippen molar-refractivity contribution in [2.45, 2.75) is 50.6 Å². The van der Waals surface area contributed by atoms with Gasteiger partial charge in [-0.3, -0.25) is 4.79 Å². The molecule has 2 fully saturated rings. The van der Waals surface area contributed by atoms with E-state index in [-0.39, 0.29) is 18.0 Å². The lowest BCUT2D eigenvalue weighted by atomic mass is 10.0. The first-order valence-electron chi connectivity index (χ1n) is 9.16. The summed E-state index contributed by atoms with van der Waals surface area (Å²) in [6, 6.07) is 7.59. The third kappa shape index (κ3) is 4.65. The summed E-state index contributed by atoms with van der Waals surface area (Å²) in [6.45, 7) is 1.33. The Morgan fingerprint density at radius 2 is 1.52 bits per heavy atom. The predicted molar refractivity (Wildman–Crippen MR) is 95.8 cm³/mol. The molecule has 0 spiro atoms. The molecule has 1 aromatic rings. The molecule has 3 rings (SSSR count). The van der Waals surface area contributed by atoms with Crippen molar-refractivity contribution >= 4 is 11.9 Å². The van der Waals surface area contributed by atoms with Gasteiger partial charge in [0.1, 0.15) is 5.75 Å². The minimum atomic E-state index is -0.0631. The van der Waals surface area contributed by atoms with Gasteiger partial charge in [-0.15, -0.1) is 0 Å². The van der Waals surface area contributed by atoms with Crippen molar-refractivity contribution in [1.82, 2.24) is 15.5 Å². The molecule has 1 aliphatic heterocycles. The second-order valence-corrected chi connectivity index (χ2v) is 6.89. The van der Waals surface area contributed by atoms with Crippen molar-refractivity contribution in [1.29, 1.82) is 0 Å². The number of nitrogens with zero attached hydrogens (tertiary/aromatic N) is 1. The molecule has 1 saturated carbocycles. The first kappa shape index (κ1) is 17.6. The second kappa shape index (κ2) is 8.23. The van der Waals surface area contributed by atoms with E-state index < -0.39 is 0 Å². The zero-order valence-corrected chi connectivity index (χ0v) is 14.8. The zero-order valence-electron chi connectivity index (χ0n) is 14.8. The minimum absolute atomic E-state index is 0.0384. The van der Waals surface area contributed by atoms with E-state index >= 15 is 0 Å². The first-order chi connectivity index (χ1) is 12.2. The van der Waals surface area contributed by atoms with Crippen LogP contribution < -0.4 is 15.4 Å². The van der Waals surface area contributed by atoms with E-state index in [4.69, 9.17) is 4.74 Å². The summed E-state index contributed by atoms with van der Waals surface area (Å²) in [5.41, 5.74) is 0.672. The number of methoxy groups -OCH3 is 1. The van der Waals surface area contributed by atoms with Crippen molar-refractivity contribution in [3.05, 3.63) is 29.8 Å². The van der Waals surface area contributed by atoms with E-state index in [9.17, 15) is 9.59 Å². The average molecular weight is 345 g/mol. The summed E-state index contributed by atoms with van der Waals surface area (Å²) in [5, 5.41) is 6.11. The Bertz CT molecular complexity index is 588. The molecule has 6 heteroatoms. The van der Waals surface area contributed by atoms with E-state index in [0.717, 1.165) is 31.4 Å². The highest BCUT2D eigenvalue weighted by molar-refractivity contribution is 5.94. The lowest BCUT2D eigenvalue weighted by Crippen LogP contribution is -2.50. The van der Waals surface area contributed by atoms with Crippen LogP contribution in [0.4, 0.5) is 4.79 Å². The molecule has 136 valence electrons. The molecular weight excluding hydrogens is 318 g/mol. The fourth-order valence-electron chi connectivity index (χ4n) is 3.63. The van der Waals surface area contributed by atoms with Crippen molar-refractivity contribution in [3.8, 4) is 5.75 Å². The number of ether oxygens (including phenoxy) is 1. The summed E-state index contributed by atoms with van der Waals surface area (Å²) in [5.74, 6) is 0.782. The van der Waals surface area contributed by atoms with Gasteiger partial charge in [-0.05, 0) is 49.9 Å². The third-order valence-electron chi connectivity index (χ3n) is 5.14. The van der Waals surface area contributed by atoms with Crippen LogP contribution in [0.1, 0.15) is 48.9 Å². The Labute approximate surface area is 148 Å². The maximum atomic E-state index is 12.5. The molecule has 1 heterocycles. The monoisotopic (exact) mass is 345 g/mol. The Kier molecular flexibility index (Phi) is 5.79. The second-order valence-electron chi connectivity index (χ2n) is 6.89. The van der Waals surface area contributed by atoms with Crippen molar-refractivity contribution in [2.75, 3.05) is 20.2 Å². The Morgan fingerprint density at radius 3 is 2.08 bits per heavy atom. The van der Waals surface area contributed by atoms with E-state index in [2.05, 4.69) is 10.6 Å². The molecule has 1 aliphatic carbocycles. The van der Waals surface area contributed by atoms with Gasteiger partial charge < -0.3 is 20.3 Å². The number of hydrogen-bond acceptors (Lipinski definition) is 3. The predicted octanol–water partition coefficient (Wildman–Crippen LogP) is 2.54. The van der Waals surface area contributed by atoms with E-state index in [1.165, 1.54) is 12.8 Å². The summed E-state index contributed by atoms with van der Waals surface area (Å²) < 4.78 is 5.12. The maximum Gasteiger partial charge on any atom is 0.315 e. The van der Waals surface area contributed by atoms with Crippen LogP contribution in [0.25, 0.3) is 0 Å². The van der Waals surface area contributed by atoms with Crippen molar-refractivity contribution in [3.63, 3.8) is 0 Å². The Morgan fingerprint density at radius 1 is 0.960 bits per heavy atom. The van der Waals surface area contributed by atoms with Gasteiger partial charge >= 0.3 is 6.03 Å². The van der Waals surface area contributed by atoms with Crippen LogP contribution in [0, 0.1) is 0 Å². The number of piperidine rings is 1. The number of urea groups is 1. The van der Waals surface area contributed by atoms with Gasteiger partial charge in [0.25, 0.3) is 5.91 Å². The largest absolute Gasteiger partial charge is 0.497 e. The van der Waals surface area contributed by atoms with Gasteiger partial charge in [-0.2, -0.15) is 0 Å². The number of hydrogen-bond donors (Lipinski definition) is 2. The highest BCUT2D eigenvalue weighted by Gasteiger charge is 2.25. The number of carbonyl (C=O) groups is 2. The standard InChI is InChI=1S/C19H27N3O3/c1-25-17-8-6-14(7-9-17)18(23)22-12-10-16(11-13-22)21-19(24)20-15-4-2-3-5-15/h6-9,15-16H,2-5,10-13H2,1H3,(H2,20,21,24). The quantitative estimate of drug-likeness (QED) is 0.881. The molecule has 2 aliphatic rings. The molecule has 0 bridgehead atoms. The van der Waals surface area contributed by atoms with Gasteiger partial charge in [0.2, 0.25) is 0 Å². The molecule has 3 amide bonds. The maximum absolute atomic E-state index is 12.5. The lowest BCUT2D eigenvalue weighted by Gasteiger charge is -2.32. The van der Waals surface area contributed by atoms with E-state index in [1.807, 2.05) is 4.90 Å². The van der Waals surface area contributed by atoms with Crippen LogP contribution in [0.5, 0.6) is 5.75 Å². The molecule has 1 saturated heterocycles. The number of carbonyl (C=O) groups excluding carboxylic acids is 2. The summed E-state index contributed by atoms with van der Waals surface area (Å²) in [4.78, 5) is 26.4. The van der Waals surface area contributed by atoms with Gasteiger partial charge in [0, 0.05) is 30.7 Å². The number of likely N-dealkylation sites (tertiary alicyclic amines) is 1. The van der Waals surface area contributed by atoms with Crippen LogP contribution >= 0.6 is 0 Å². The Balaban J connectivity index is 1.44. The van der Waals surface area contributed by atoms with Gasteiger partial charge in [-0.25, -0.2) is 4.79 Å². The first-order valence-corrected chi connectivity index (χ1v) is 9.16. The number of nitrogens with one attached hydrogen (secondary N) is 2. The average Bonchev–Trinajstić information content (AvgIpc) is 3.14. The SMILES string of the molecule is COc1ccc(C(=O)N2CCC(NC(=O)NC3CCCC3)CC2)cc1. The summed E-state index contributed by atoms with van der Waals surface area (Å²) in [7, 11) is 1.61. The van der Waals surface area contributed by atoms with E-state index in [0.29, 0.717) is 24.7 Å². The number of rotatable bonds is 4. The molecule has 0 unspecified atom stereocenters. The summed E-state index contributed by atoms with van der Waals surface area (Å²) in [6.07, 6.45) is 6.16. The van der Waals surface area contributed by atoms with Crippen LogP contribution in [0.2, 0.25) is 0 Å². The molecule has 2 N–H and O–H groups in total. The van der Waals surface area contributed by atoms with Crippen molar-refractivity contribution in [2.24, 2.45) is 0 Å². The van der Waals surface area contributed by atoms with Gasteiger partial charge in [-0.1, -0.05) is 12.8 Å². The molecule has 0 radical (unpaired) electrons. The highest BCUT2D eigenvalue weighted by atomic mass is 16.5. The van der Waals surface area contributed by atoms with Crippen LogP contribution in [0.3, 0.4) is 0 Å². The molecule has 6 nitrogen and oxygen atoms in total. The lowest BCUT2D eigenvalue weighted by molar-refractivity contribution is 0.0708. The number of benzene rings is 1.